The van der Waals surface area contributed by atoms with Crippen LogP contribution in [-0.4, -0.2) is 117 Å². The lowest BCUT2D eigenvalue weighted by molar-refractivity contribution is -0.315. The Balaban J connectivity index is 2.60. The monoisotopic (exact) mass is 732 g/mol. The molecule has 0 spiro atoms. The molecule has 1 saturated heterocycles. The predicted molar refractivity (Wildman–Crippen MR) is 203 cm³/mol. The van der Waals surface area contributed by atoms with Gasteiger partial charge in [0.2, 0.25) is 0 Å². The molecule has 0 aliphatic carbocycles. The van der Waals surface area contributed by atoms with E-state index >= 15 is 0 Å². The Bertz CT molecular complexity index is 1260. The maximum atomic E-state index is 14.1. The third kappa shape index (κ3) is 13.2. The molecule has 2 rings (SSSR count). The van der Waals surface area contributed by atoms with Gasteiger partial charge in [0.05, 0.1) is 29.5 Å². The van der Waals surface area contributed by atoms with Gasteiger partial charge in [-0.05, 0) is 92.0 Å². The molecule has 11 heteroatoms. The van der Waals surface area contributed by atoms with E-state index in [1.54, 1.807) is 0 Å². The van der Waals surface area contributed by atoms with Gasteiger partial charge in [0.15, 0.2) is 6.10 Å². The molecule has 0 bridgehead atoms. The van der Waals surface area contributed by atoms with Crippen LogP contribution in [0.5, 0.6) is 0 Å². The number of hydrogen-bond acceptors (Lipinski definition) is 11. The van der Waals surface area contributed by atoms with Crippen molar-refractivity contribution in [1.29, 1.82) is 0 Å². The Morgan fingerprint density at radius 3 is 1.87 bits per heavy atom. The van der Waals surface area contributed by atoms with Crippen LogP contribution >= 0.6 is 0 Å². The van der Waals surface area contributed by atoms with Crippen LogP contribution in [0.3, 0.4) is 0 Å². The fourth-order valence-corrected chi connectivity index (χ4v) is 6.84. The number of benzene rings is 1. The minimum absolute atomic E-state index is 0.00119. The van der Waals surface area contributed by atoms with Crippen molar-refractivity contribution in [3.05, 3.63) is 35.9 Å². The summed E-state index contributed by atoms with van der Waals surface area (Å²) in [5.74, 6) is -3.20. The SMILES string of the molecule is CCCCOC(=O)C(CC(CC(ON1C(C)(CC)CC(=O)C(C)C1(C)CC)C(=O)OCCN(C)C)C(=O)OCCN(C)C)CC(C)c1ccccc1. The second kappa shape index (κ2) is 21.7. The number of ether oxygens (including phenoxy) is 3. The van der Waals surface area contributed by atoms with Crippen molar-refractivity contribution in [2.24, 2.45) is 17.8 Å². The third-order valence-corrected chi connectivity index (χ3v) is 10.9. The summed E-state index contributed by atoms with van der Waals surface area (Å²) >= 11 is 0. The van der Waals surface area contributed by atoms with E-state index in [-0.39, 0.29) is 56.1 Å². The maximum absolute atomic E-state index is 14.1. The summed E-state index contributed by atoms with van der Waals surface area (Å²) in [6.07, 6.45) is 2.36. The fourth-order valence-electron chi connectivity index (χ4n) is 6.84. The summed E-state index contributed by atoms with van der Waals surface area (Å²) in [6.45, 7) is 15.6. The van der Waals surface area contributed by atoms with Crippen molar-refractivity contribution in [2.45, 2.75) is 123 Å². The van der Waals surface area contributed by atoms with Gasteiger partial charge in [-0.25, -0.2) is 4.79 Å². The second-order valence-corrected chi connectivity index (χ2v) is 15.7. The first-order chi connectivity index (χ1) is 24.5. The van der Waals surface area contributed by atoms with E-state index in [1.165, 1.54) is 0 Å². The summed E-state index contributed by atoms with van der Waals surface area (Å²) in [6, 6.07) is 9.96. The Labute approximate surface area is 314 Å². The zero-order valence-electron chi connectivity index (χ0n) is 34.1. The lowest BCUT2D eigenvalue weighted by Crippen LogP contribution is -2.67. The van der Waals surface area contributed by atoms with Gasteiger partial charge in [-0.15, -0.1) is 0 Å². The number of unbranched alkanes of at least 4 members (excludes halogenated alkanes) is 1. The summed E-state index contributed by atoms with van der Waals surface area (Å²) in [4.78, 5) is 65.8. The number of likely N-dealkylation sites (N-methyl/N-ethyl adjacent to an activating group) is 2. The molecule has 1 aromatic carbocycles. The van der Waals surface area contributed by atoms with Gasteiger partial charge in [0.25, 0.3) is 0 Å². The molecule has 0 saturated carbocycles. The molecule has 0 N–H and O–H groups in total. The van der Waals surface area contributed by atoms with Gasteiger partial charge in [-0.2, -0.15) is 5.06 Å². The number of piperidine rings is 1. The molecule has 296 valence electrons. The van der Waals surface area contributed by atoms with Crippen LogP contribution in [0.25, 0.3) is 0 Å². The number of ketones is 1. The zero-order valence-corrected chi connectivity index (χ0v) is 34.1. The molecule has 52 heavy (non-hydrogen) atoms. The second-order valence-electron chi connectivity index (χ2n) is 15.7. The number of nitrogens with zero attached hydrogens (tertiary/aromatic N) is 3. The molecule has 1 fully saturated rings. The average molecular weight is 732 g/mol. The van der Waals surface area contributed by atoms with E-state index in [9.17, 15) is 19.2 Å². The van der Waals surface area contributed by atoms with Crippen LogP contribution in [-0.2, 0) is 38.2 Å². The van der Waals surface area contributed by atoms with Crippen LogP contribution in [0.2, 0.25) is 0 Å². The van der Waals surface area contributed by atoms with Gasteiger partial charge in [-0.3, -0.25) is 19.2 Å². The van der Waals surface area contributed by atoms with E-state index in [1.807, 2.05) is 115 Å². The minimum Gasteiger partial charge on any atom is -0.465 e. The van der Waals surface area contributed by atoms with Crippen molar-refractivity contribution in [2.75, 3.05) is 61.1 Å². The Morgan fingerprint density at radius 2 is 1.35 bits per heavy atom. The predicted octanol–water partition coefficient (Wildman–Crippen LogP) is 6.29. The largest absolute Gasteiger partial charge is 0.465 e. The number of Topliss-reactive ketones (excluding diaryl/α,β-unsaturated/α-hetero) is 1. The van der Waals surface area contributed by atoms with E-state index in [0.717, 1.165) is 18.4 Å². The first-order valence-corrected chi connectivity index (χ1v) is 19.4. The first-order valence-electron chi connectivity index (χ1n) is 19.4. The Kier molecular flexibility index (Phi) is 18.9. The van der Waals surface area contributed by atoms with Gasteiger partial charge < -0.3 is 24.0 Å². The number of carbonyl (C=O) groups is 4. The lowest BCUT2D eigenvalue weighted by atomic mass is 9.70. The highest BCUT2D eigenvalue weighted by atomic mass is 16.7. The molecule has 7 unspecified atom stereocenters. The Hall–Kier alpha value is -2.86. The number of rotatable bonds is 23. The van der Waals surface area contributed by atoms with E-state index < -0.39 is 41.0 Å². The Morgan fingerprint density at radius 1 is 0.808 bits per heavy atom. The molecule has 1 aliphatic rings. The number of hydroxylamine groups is 2. The van der Waals surface area contributed by atoms with Crippen molar-refractivity contribution in [1.82, 2.24) is 14.9 Å². The maximum Gasteiger partial charge on any atom is 0.337 e. The molecule has 1 heterocycles. The quantitative estimate of drug-likeness (QED) is 0.0719. The molecular weight excluding hydrogens is 662 g/mol. The van der Waals surface area contributed by atoms with Crippen LogP contribution in [0, 0.1) is 17.8 Å². The summed E-state index contributed by atoms with van der Waals surface area (Å²) in [5.41, 5.74) is -0.341. The van der Waals surface area contributed by atoms with Gasteiger partial charge in [0.1, 0.15) is 19.0 Å². The van der Waals surface area contributed by atoms with E-state index in [4.69, 9.17) is 19.0 Å². The molecule has 0 radical (unpaired) electrons. The number of esters is 3. The van der Waals surface area contributed by atoms with Crippen molar-refractivity contribution >= 4 is 23.7 Å². The van der Waals surface area contributed by atoms with Crippen molar-refractivity contribution in [3.8, 4) is 0 Å². The van der Waals surface area contributed by atoms with Crippen LogP contribution in [0.15, 0.2) is 30.3 Å². The number of carbonyl (C=O) groups excluding carboxylic acids is 4. The van der Waals surface area contributed by atoms with Gasteiger partial charge in [0, 0.05) is 25.4 Å². The smallest absolute Gasteiger partial charge is 0.337 e. The lowest BCUT2D eigenvalue weighted by Gasteiger charge is -2.56. The van der Waals surface area contributed by atoms with Gasteiger partial charge in [-0.1, -0.05) is 71.4 Å². The third-order valence-electron chi connectivity index (χ3n) is 10.9. The molecule has 1 aromatic rings. The topological polar surface area (TPSA) is 115 Å². The molecule has 0 amide bonds. The highest BCUT2D eigenvalue weighted by molar-refractivity contribution is 5.84. The normalized spacial score (nSPS) is 23.2. The van der Waals surface area contributed by atoms with Crippen LogP contribution in [0.1, 0.15) is 111 Å². The highest BCUT2D eigenvalue weighted by Crippen LogP contribution is 2.45. The summed E-state index contributed by atoms with van der Waals surface area (Å²) < 4.78 is 17.4. The van der Waals surface area contributed by atoms with Gasteiger partial charge >= 0.3 is 17.9 Å². The van der Waals surface area contributed by atoms with Crippen LogP contribution in [0.4, 0.5) is 0 Å². The summed E-state index contributed by atoms with van der Waals surface area (Å²) in [7, 11) is 7.57. The zero-order chi connectivity index (χ0) is 39.1. The average Bonchev–Trinajstić information content (AvgIpc) is 3.10. The van der Waals surface area contributed by atoms with Crippen molar-refractivity contribution in [3.63, 3.8) is 0 Å². The fraction of sp³-hybridized carbons (Fsp3) is 0.756. The highest BCUT2D eigenvalue weighted by Gasteiger charge is 2.55. The molecule has 7 atom stereocenters. The standard InChI is InChI=1S/C41H69N3O8/c1-12-15-23-49-37(46)33(26-30(4)32-19-17-16-18-20-32)27-34(38(47)50-24-21-42(8)9)28-36(39(48)51-25-22-43(10)11)52-44-40(6,13-2)29-35(45)31(5)41(44,7)14-3/h16-20,30-31,33-34,36H,12-15,21-29H2,1-11H3. The minimum atomic E-state index is -1.20. The first kappa shape index (κ1) is 45.3. The molecular formula is C41H69N3O8. The molecule has 11 nitrogen and oxygen atoms in total. The molecule has 0 aromatic heterocycles. The van der Waals surface area contributed by atoms with Crippen LogP contribution < -0.4 is 0 Å². The summed E-state index contributed by atoms with van der Waals surface area (Å²) in [5, 5.41) is 1.85. The number of hydrogen-bond donors (Lipinski definition) is 0. The van der Waals surface area contributed by atoms with Crippen molar-refractivity contribution < 1.29 is 38.2 Å². The van der Waals surface area contributed by atoms with E-state index in [2.05, 4.69) is 6.92 Å². The van der Waals surface area contributed by atoms with E-state index in [0.29, 0.717) is 39.0 Å². The molecule has 1 aliphatic heterocycles.